The molecular weight excluding hydrogens is 316 g/mol. The van der Waals surface area contributed by atoms with E-state index in [2.05, 4.69) is 22.0 Å². The first kappa shape index (κ1) is 14.6. The van der Waals surface area contributed by atoms with Gasteiger partial charge in [-0.3, -0.25) is 0 Å². The Hall–Kier alpha value is -1.83. The van der Waals surface area contributed by atoms with Gasteiger partial charge in [-0.15, -0.1) is 0 Å². The first-order chi connectivity index (χ1) is 9.51. The van der Waals surface area contributed by atoms with Crippen molar-refractivity contribution in [2.45, 2.75) is 19.9 Å². The number of hydrogen-bond donors (Lipinski definition) is 1. The zero-order valence-electron chi connectivity index (χ0n) is 11.4. The van der Waals surface area contributed by atoms with E-state index in [4.69, 9.17) is 15.7 Å². The second-order valence-corrected chi connectivity index (χ2v) is 5.53. The summed E-state index contributed by atoms with van der Waals surface area (Å²) >= 11 is 3.49. The van der Waals surface area contributed by atoms with Crippen LogP contribution in [0.1, 0.15) is 29.7 Å². The molecule has 0 fully saturated rings. The van der Waals surface area contributed by atoms with Gasteiger partial charge in [0.05, 0.1) is 16.1 Å². The molecule has 2 N–H and O–H groups in total. The van der Waals surface area contributed by atoms with Gasteiger partial charge in [0.15, 0.2) is 0 Å². The van der Waals surface area contributed by atoms with Gasteiger partial charge < -0.3 is 10.5 Å². The van der Waals surface area contributed by atoms with Crippen LogP contribution >= 0.6 is 15.9 Å². The standard InChI is InChI=1S/C16H15BrN2O/c1-10-3-4-12(9-18)7-16(10)20-15-6-5-13(11(2)19)8-14(15)17/h3-8,11H,19H2,1-2H3/t11-/m0/s1. The largest absolute Gasteiger partial charge is 0.456 e. The molecule has 2 aromatic carbocycles. The molecule has 0 heterocycles. The number of benzene rings is 2. The summed E-state index contributed by atoms with van der Waals surface area (Å²) in [5.74, 6) is 1.38. The lowest BCUT2D eigenvalue weighted by Crippen LogP contribution is -2.04. The van der Waals surface area contributed by atoms with Gasteiger partial charge in [-0.25, -0.2) is 0 Å². The van der Waals surface area contributed by atoms with Crippen molar-refractivity contribution in [2.24, 2.45) is 5.73 Å². The fourth-order valence-electron chi connectivity index (χ4n) is 1.78. The summed E-state index contributed by atoms with van der Waals surface area (Å²) in [6.45, 7) is 3.88. The van der Waals surface area contributed by atoms with Crippen LogP contribution in [0.4, 0.5) is 0 Å². The van der Waals surface area contributed by atoms with Crippen molar-refractivity contribution < 1.29 is 4.74 Å². The van der Waals surface area contributed by atoms with Crippen LogP contribution in [0.15, 0.2) is 40.9 Å². The first-order valence-corrected chi connectivity index (χ1v) is 7.04. The number of nitriles is 1. The zero-order chi connectivity index (χ0) is 14.7. The molecule has 0 radical (unpaired) electrons. The van der Waals surface area contributed by atoms with Crippen LogP contribution in [-0.2, 0) is 0 Å². The van der Waals surface area contributed by atoms with Crippen LogP contribution in [-0.4, -0.2) is 0 Å². The van der Waals surface area contributed by atoms with Crippen LogP contribution in [0.3, 0.4) is 0 Å². The molecule has 2 rings (SSSR count). The van der Waals surface area contributed by atoms with E-state index in [0.717, 1.165) is 15.6 Å². The highest BCUT2D eigenvalue weighted by Gasteiger charge is 2.08. The van der Waals surface area contributed by atoms with Crippen molar-refractivity contribution >= 4 is 15.9 Å². The molecule has 0 saturated carbocycles. The summed E-state index contributed by atoms with van der Waals surface area (Å²) in [6, 6.07) is 13.2. The predicted molar refractivity (Wildman–Crippen MR) is 82.7 cm³/mol. The number of ether oxygens (including phenoxy) is 1. The molecule has 0 spiro atoms. The van der Waals surface area contributed by atoms with Crippen molar-refractivity contribution in [3.63, 3.8) is 0 Å². The number of halogens is 1. The van der Waals surface area contributed by atoms with Gasteiger partial charge in [-0.2, -0.15) is 5.26 Å². The molecule has 0 saturated heterocycles. The van der Waals surface area contributed by atoms with Crippen molar-refractivity contribution in [1.29, 1.82) is 5.26 Å². The highest BCUT2D eigenvalue weighted by Crippen LogP contribution is 2.33. The summed E-state index contributed by atoms with van der Waals surface area (Å²) in [5.41, 5.74) is 8.44. The maximum atomic E-state index is 8.94. The number of aryl methyl sites for hydroxylation is 1. The van der Waals surface area contributed by atoms with Gasteiger partial charge in [0.25, 0.3) is 0 Å². The van der Waals surface area contributed by atoms with Gasteiger partial charge in [-0.1, -0.05) is 12.1 Å². The summed E-state index contributed by atoms with van der Waals surface area (Å²) in [7, 11) is 0. The molecule has 0 aliphatic heterocycles. The summed E-state index contributed by atoms with van der Waals surface area (Å²) in [4.78, 5) is 0. The molecule has 20 heavy (non-hydrogen) atoms. The quantitative estimate of drug-likeness (QED) is 0.904. The molecule has 102 valence electrons. The molecule has 0 unspecified atom stereocenters. The van der Waals surface area contributed by atoms with Crippen LogP contribution in [0.25, 0.3) is 0 Å². The van der Waals surface area contributed by atoms with Gasteiger partial charge in [-0.05, 0) is 65.2 Å². The average Bonchev–Trinajstić information content (AvgIpc) is 2.43. The highest BCUT2D eigenvalue weighted by molar-refractivity contribution is 9.10. The van der Waals surface area contributed by atoms with Crippen molar-refractivity contribution in [1.82, 2.24) is 0 Å². The third-order valence-electron chi connectivity index (χ3n) is 3.02. The lowest BCUT2D eigenvalue weighted by molar-refractivity contribution is 0.475. The van der Waals surface area contributed by atoms with E-state index >= 15 is 0 Å². The van der Waals surface area contributed by atoms with Crippen molar-refractivity contribution in [3.05, 3.63) is 57.6 Å². The predicted octanol–water partition coefficient (Wildman–Crippen LogP) is 4.44. The van der Waals surface area contributed by atoms with Gasteiger partial charge in [0.1, 0.15) is 11.5 Å². The second kappa shape index (κ2) is 6.08. The highest BCUT2D eigenvalue weighted by atomic mass is 79.9. The molecule has 1 atom stereocenters. The Labute approximate surface area is 127 Å². The average molecular weight is 331 g/mol. The van der Waals surface area contributed by atoms with E-state index in [1.165, 1.54) is 0 Å². The minimum absolute atomic E-state index is 0.0241. The smallest absolute Gasteiger partial charge is 0.141 e. The Morgan fingerprint density at radius 2 is 1.95 bits per heavy atom. The van der Waals surface area contributed by atoms with E-state index in [9.17, 15) is 0 Å². The Bertz CT molecular complexity index is 675. The second-order valence-electron chi connectivity index (χ2n) is 4.67. The maximum Gasteiger partial charge on any atom is 0.141 e. The summed E-state index contributed by atoms with van der Waals surface area (Å²) in [6.07, 6.45) is 0. The topological polar surface area (TPSA) is 59.0 Å². The lowest BCUT2D eigenvalue weighted by atomic mass is 10.1. The molecule has 4 heteroatoms. The van der Waals surface area contributed by atoms with Crippen LogP contribution in [0.2, 0.25) is 0 Å². The minimum atomic E-state index is -0.0241. The number of rotatable bonds is 3. The summed E-state index contributed by atoms with van der Waals surface area (Å²) < 4.78 is 6.72. The molecular formula is C16H15BrN2O. The van der Waals surface area contributed by atoms with Gasteiger partial charge in [0.2, 0.25) is 0 Å². The number of nitrogens with zero attached hydrogens (tertiary/aromatic N) is 1. The Kier molecular flexibility index (Phi) is 4.43. The number of hydrogen-bond acceptors (Lipinski definition) is 3. The van der Waals surface area contributed by atoms with Gasteiger partial charge in [0, 0.05) is 6.04 Å². The van der Waals surface area contributed by atoms with E-state index in [1.54, 1.807) is 12.1 Å². The third kappa shape index (κ3) is 3.19. The summed E-state index contributed by atoms with van der Waals surface area (Å²) in [5, 5.41) is 8.94. The zero-order valence-corrected chi connectivity index (χ0v) is 12.9. The Morgan fingerprint density at radius 3 is 2.55 bits per heavy atom. The normalized spacial score (nSPS) is 11.8. The van der Waals surface area contributed by atoms with Crippen LogP contribution < -0.4 is 10.5 Å². The van der Waals surface area contributed by atoms with E-state index in [0.29, 0.717) is 17.1 Å². The molecule has 0 amide bonds. The monoisotopic (exact) mass is 330 g/mol. The van der Waals surface area contributed by atoms with Crippen LogP contribution in [0.5, 0.6) is 11.5 Å². The molecule has 3 nitrogen and oxygen atoms in total. The first-order valence-electron chi connectivity index (χ1n) is 6.25. The molecule has 0 bridgehead atoms. The lowest BCUT2D eigenvalue weighted by Gasteiger charge is -2.13. The Morgan fingerprint density at radius 1 is 1.20 bits per heavy atom. The van der Waals surface area contributed by atoms with Gasteiger partial charge >= 0.3 is 0 Å². The third-order valence-corrected chi connectivity index (χ3v) is 3.64. The van der Waals surface area contributed by atoms with E-state index < -0.39 is 0 Å². The molecule has 0 aliphatic rings. The van der Waals surface area contributed by atoms with Crippen LogP contribution in [0, 0.1) is 18.3 Å². The van der Waals surface area contributed by atoms with E-state index in [-0.39, 0.29) is 6.04 Å². The Balaban J connectivity index is 2.33. The van der Waals surface area contributed by atoms with Crippen molar-refractivity contribution in [2.75, 3.05) is 0 Å². The molecule has 0 aromatic heterocycles. The molecule has 0 aliphatic carbocycles. The molecule has 2 aromatic rings. The maximum absolute atomic E-state index is 8.94. The van der Waals surface area contributed by atoms with E-state index in [1.807, 2.05) is 38.1 Å². The fraction of sp³-hybridized carbons (Fsp3) is 0.188. The SMILES string of the molecule is Cc1ccc(C#N)cc1Oc1ccc([C@H](C)N)cc1Br. The minimum Gasteiger partial charge on any atom is -0.456 e. The fourth-order valence-corrected chi connectivity index (χ4v) is 2.26. The van der Waals surface area contributed by atoms with Crippen molar-refractivity contribution in [3.8, 4) is 17.6 Å². The number of nitrogens with two attached hydrogens (primary N) is 1.